The summed E-state index contributed by atoms with van der Waals surface area (Å²) in [5.41, 5.74) is 5.69. The Labute approximate surface area is 170 Å². The van der Waals surface area contributed by atoms with E-state index in [0.717, 1.165) is 21.3 Å². The molecule has 0 aromatic heterocycles. The van der Waals surface area contributed by atoms with Gasteiger partial charge in [0.15, 0.2) is 0 Å². The molecule has 2 aromatic carbocycles. The second-order valence-electron chi connectivity index (χ2n) is 5.20. The zero-order chi connectivity index (χ0) is 16.5. The maximum atomic E-state index is 3.41. The zero-order valence-electron chi connectivity index (χ0n) is 13.1. The van der Waals surface area contributed by atoms with Crippen molar-refractivity contribution in [3.63, 3.8) is 0 Å². The fourth-order valence-electron chi connectivity index (χ4n) is 2.06. The number of rotatable bonds is 0. The Balaban J connectivity index is 1.68. The second-order valence-corrected chi connectivity index (χ2v) is 11.8. The molecule has 4 aliphatic rings. The third-order valence-electron chi connectivity index (χ3n) is 3.37. The van der Waals surface area contributed by atoms with E-state index in [4.69, 9.17) is 0 Å². The van der Waals surface area contributed by atoms with E-state index in [9.17, 15) is 0 Å². The van der Waals surface area contributed by atoms with Gasteiger partial charge in [-0.1, -0.05) is 0 Å². The number of hydrogen-bond acceptors (Lipinski definition) is 0. The van der Waals surface area contributed by atoms with Gasteiger partial charge in [0.25, 0.3) is 0 Å². The average Bonchev–Trinajstić information content (AvgIpc) is 2.62. The molecule has 6 rings (SSSR count). The normalized spacial score (nSPS) is 15.0. The number of hydrogen-bond donors (Lipinski definition) is 0. The fraction of sp³-hybridized carbons (Fsp3) is 0.200. The Bertz CT molecular complexity index is 639. The van der Waals surface area contributed by atoms with Crippen LogP contribution in [0.15, 0.2) is 48.5 Å². The van der Waals surface area contributed by atoms with Crippen LogP contribution in [0, 0.1) is 19.3 Å². The predicted octanol–water partition coefficient (Wildman–Crippen LogP) is 2.05. The molecule has 0 aliphatic carbocycles. The first-order chi connectivity index (χ1) is 11.9. The Morgan fingerprint density at radius 2 is 0.625 bits per heavy atom. The second kappa shape index (κ2) is 10.6. The molecule has 0 nitrogen and oxygen atoms in total. The Morgan fingerprint density at radius 3 is 0.833 bits per heavy atom. The van der Waals surface area contributed by atoms with Crippen molar-refractivity contribution in [1.82, 2.24) is 0 Å². The summed E-state index contributed by atoms with van der Waals surface area (Å²) in [6, 6.07) is 18.2. The molecule has 0 atom stereocenters. The summed E-state index contributed by atoms with van der Waals surface area (Å²) in [5, 5.41) is 4.49. The van der Waals surface area contributed by atoms with Gasteiger partial charge in [-0.15, -0.1) is 0 Å². The van der Waals surface area contributed by atoms with E-state index in [1.54, 1.807) is 0 Å². The van der Waals surface area contributed by atoms with Crippen LogP contribution in [0.5, 0.6) is 0 Å². The SMILES string of the molecule is C1#C[Se]Cc2ccc(cc2)C[Se]C#C[Se]Cc2ccc(cc2)C[Se]1. The van der Waals surface area contributed by atoms with Gasteiger partial charge in [-0.05, 0) is 0 Å². The molecule has 4 aliphatic heterocycles. The van der Waals surface area contributed by atoms with Crippen molar-refractivity contribution in [3.05, 3.63) is 70.8 Å². The van der Waals surface area contributed by atoms with Crippen molar-refractivity contribution in [2.45, 2.75) is 21.3 Å². The Morgan fingerprint density at radius 1 is 0.417 bits per heavy atom. The summed E-state index contributed by atoms with van der Waals surface area (Å²) in [5.74, 6) is 0. The first-order valence-corrected chi connectivity index (χ1v) is 15.8. The molecular weight excluding hydrogens is 556 g/mol. The molecule has 0 amide bonds. The molecule has 0 unspecified atom stereocenters. The van der Waals surface area contributed by atoms with Crippen molar-refractivity contribution in [3.8, 4) is 19.3 Å². The van der Waals surface area contributed by atoms with Crippen LogP contribution in [0.1, 0.15) is 22.3 Å². The quantitative estimate of drug-likeness (QED) is 0.335. The van der Waals surface area contributed by atoms with Crippen molar-refractivity contribution in [1.29, 1.82) is 0 Å². The van der Waals surface area contributed by atoms with E-state index in [-0.39, 0.29) is 0 Å². The van der Waals surface area contributed by atoms with Crippen LogP contribution in [-0.2, 0) is 21.3 Å². The van der Waals surface area contributed by atoms with Gasteiger partial charge in [-0.25, -0.2) is 0 Å². The molecule has 0 radical (unpaired) electrons. The summed E-state index contributed by atoms with van der Waals surface area (Å²) in [7, 11) is 0. The van der Waals surface area contributed by atoms with Crippen LogP contribution in [0.25, 0.3) is 0 Å². The summed E-state index contributed by atoms with van der Waals surface area (Å²) in [6.45, 7) is 0. The molecule has 4 bridgehead atoms. The van der Waals surface area contributed by atoms with Crippen molar-refractivity contribution < 1.29 is 0 Å². The monoisotopic (exact) mass is 576 g/mol. The summed E-state index contributed by atoms with van der Waals surface area (Å²) >= 11 is 1.63. The van der Waals surface area contributed by atoms with Crippen molar-refractivity contribution >= 4 is 59.8 Å². The van der Waals surface area contributed by atoms with E-state index in [1.165, 1.54) is 22.3 Å². The van der Waals surface area contributed by atoms with Gasteiger partial charge < -0.3 is 0 Å². The van der Waals surface area contributed by atoms with E-state index in [0.29, 0.717) is 59.8 Å². The minimum atomic E-state index is 0.408. The Kier molecular flexibility index (Phi) is 8.13. The van der Waals surface area contributed by atoms with Gasteiger partial charge in [0, 0.05) is 0 Å². The maximum absolute atomic E-state index is 3.41. The van der Waals surface area contributed by atoms with Gasteiger partial charge in [-0.3, -0.25) is 0 Å². The van der Waals surface area contributed by atoms with Gasteiger partial charge in [0.05, 0.1) is 0 Å². The van der Waals surface area contributed by atoms with Crippen LogP contribution in [0.3, 0.4) is 0 Å². The molecular formula is C20H16Se4. The van der Waals surface area contributed by atoms with Gasteiger partial charge in [0.2, 0.25) is 0 Å². The molecule has 2 aromatic rings. The molecule has 0 spiro atoms. The zero-order valence-corrected chi connectivity index (χ0v) is 19.9. The molecule has 4 heteroatoms. The fourth-order valence-corrected chi connectivity index (χ4v) is 8.74. The van der Waals surface area contributed by atoms with Crippen LogP contribution in [0.2, 0.25) is 0 Å². The molecule has 24 heavy (non-hydrogen) atoms. The van der Waals surface area contributed by atoms with Crippen LogP contribution >= 0.6 is 0 Å². The number of benzene rings is 2. The van der Waals surface area contributed by atoms with Crippen molar-refractivity contribution in [2.24, 2.45) is 0 Å². The van der Waals surface area contributed by atoms with E-state index in [1.807, 2.05) is 0 Å². The molecule has 4 heterocycles. The van der Waals surface area contributed by atoms with Crippen LogP contribution in [0.4, 0.5) is 0 Å². The molecule has 0 fully saturated rings. The average molecular weight is 572 g/mol. The molecule has 0 saturated carbocycles. The predicted molar refractivity (Wildman–Crippen MR) is 106 cm³/mol. The van der Waals surface area contributed by atoms with E-state index >= 15 is 0 Å². The van der Waals surface area contributed by atoms with E-state index in [2.05, 4.69) is 67.8 Å². The third kappa shape index (κ3) is 6.51. The standard InChI is InChI=1S/C20H16Se4/c1-2-18-4-3-17(1)13-21-9-10-23-15-19-5-7-20(8-6-19)16-24-12-11-22-14-18/h1-8H,13-16H2. The van der Waals surface area contributed by atoms with Gasteiger partial charge >= 0.3 is 171 Å². The Hall–Kier alpha value is -0.362. The van der Waals surface area contributed by atoms with Gasteiger partial charge in [0.1, 0.15) is 0 Å². The van der Waals surface area contributed by atoms with Crippen LogP contribution < -0.4 is 0 Å². The topological polar surface area (TPSA) is 0 Å². The summed E-state index contributed by atoms with van der Waals surface area (Å²) < 4.78 is 0. The minimum absolute atomic E-state index is 0.408. The third-order valence-corrected chi connectivity index (χ3v) is 10.8. The summed E-state index contributed by atoms with van der Waals surface area (Å²) in [4.78, 5) is 13.6. The molecule has 0 N–H and O–H groups in total. The van der Waals surface area contributed by atoms with Crippen LogP contribution in [-0.4, -0.2) is 59.8 Å². The summed E-state index contributed by atoms with van der Waals surface area (Å²) in [6.07, 6.45) is 0. The molecule has 0 saturated heterocycles. The van der Waals surface area contributed by atoms with Gasteiger partial charge in [-0.2, -0.15) is 0 Å². The first kappa shape index (κ1) is 18.4. The van der Waals surface area contributed by atoms with Crippen molar-refractivity contribution in [2.75, 3.05) is 0 Å². The molecule has 120 valence electrons. The van der Waals surface area contributed by atoms with E-state index < -0.39 is 0 Å². The first-order valence-electron chi connectivity index (χ1n) is 7.53.